The Hall–Kier alpha value is -1.50. The molecule has 30 heavy (non-hydrogen) atoms. The van der Waals surface area contributed by atoms with Gasteiger partial charge in [-0.15, -0.1) is 0 Å². The number of benzene rings is 2. The predicted octanol–water partition coefficient (Wildman–Crippen LogP) is 4.31. The van der Waals surface area contributed by atoms with Crippen LogP contribution in [0.15, 0.2) is 36.4 Å². The molecule has 1 heterocycles. The van der Waals surface area contributed by atoms with Crippen molar-refractivity contribution >= 4 is 23.2 Å². The third kappa shape index (κ3) is 6.25. The van der Waals surface area contributed by atoms with E-state index in [1.54, 1.807) is 0 Å². The fraction of sp³-hybridized carbons (Fsp3) is 0.478. The fourth-order valence-corrected chi connectivity index (χ4v) is 4.08. The van der Waals surface area contributed by atoms with Gasteiger partial charge in [-0.2, -0.15) is 0 Å². The van der Waals surface area contributed by atoms with Crippen molar-refractivity contribution in [1.29, 1.82) is 0 Å². The number of nitrogens with zero attached hydrogens (tertiary/aromatic N) is 2. The van der Waals surface area contributed by atoms with Gasteiger partial charge >= 0.3 is 0 Å². The first-order valence-corrected chi connectivity index (χ1v) is 11.1. The standard InChI is InChI=1S/C23H31Cl2N3O2/c1-4-29-23-12-17(13-26-14-18-15-27(2)10-11-28(18)3)8-9-22(23)30-16-19-20(24)6-5-7-21(19)25/h5-9,12,18,26H,4,10-11,13-16H2,1-3H3. The maximum atomic E-state index is 6.25. The smallest absolute Gasteiger partial charge is 0.161 e. The van der Waals surface area contributed by atoms with Crippen LogP contribution in [0.1, 0.15) is 18.1 Å². The number of hydrogen-bond donors (Lipinski definition) is 1. The topological polar surface area (TPSA) is 37.0 Å². The molecule has 0 spiro atoms. The third-order valence-electron chi connectivity index (χ3n) is 5.43. The lowest BCUT2D eigenvalue weighted by Gasteiger charge is -2.37. The van der Waals surface area contributed by atoms with Crippen molar-refractivity contribution in [2.45, 2.75) is 26.1 Å². The van der Waals surface area contributed by atoms with Crippen molar-refractivity contribution in [2.24, 2.45) is 0 Å². The fourth-order valence-electron chi connectivity index (χ4n) is 3.58. The molecule has 1 fully saturated rings. The van der Waals surface area contributed by atoms with Gasteiger partial charge in [0.15, 0.2) is 11.5 Å². The Kier molecular flexibility index (Phi) is 8.66. The SMILES string of the molecule is CCOc1cc(CNCC2CN(C)CCN2C)ccc1OCc1c(Cl)cccc1Cl. The van der Waals surface area contributed by atoms with Crippen molar-refractivity contribution in [3.63, 3.8) is 0 Å². The zero-order chi connectivity index (χ0) is 21.5. The first-order valence-electron chi connectivity index (χ1n) is 10.4. The normalized spacial score (nSPS) is 17.8. The number of rotatable bonds is 9. The van der Waals surface area contributed by atoms with E-state index >= 15 is 0 Å². The molecule has 0 saturated carbocycles. The summed E-state index contributed by atoms with van der Waals surface area (Å²) in [6.45, 7) is 7.89. The van der Waals surface area contributed by atoms with E-state index in [1.165, 1.54) is 0 Å². The van der Waals surface area contributed by atoms with E-state index in [-0.39, 0.29) is 6.61 Å². The van der Waals surface area contributed by atoms with Gasteiger partial charge in [-0.05, 0) is 50.8 Å². The molecule has 2 aromatic carbocycles. The molecule has 5 nitrogen and oxygen atoms in total. The van der Waals surface area contributed by atoms with E-state index in [2.05, 4.69) is 35.3 Å². The Labute approximate surface area is 189 Å². The molecule has 0 bridgehead atoms. The van der Waals surface area contributed by atoms with E-state index in [0.717, 1.165) is 49.6 Å². The third-order valence-corrected chi connectivity index (χ3v) is 6.14. The molecule has 0 aromatic heterocycles. The second-order valence-electron chi connectivity index (χ2n) is 7.73. The number of piperazine rings is 1. The van der Waals surface area contributed by atoms with Gasteiger partial charge in [-0.3, -0.25) is 4.90 Å². The lowest BCUT2D eigenvalue weighted by atomic mass is 10.1. The largest absolute Gasteiger partial charge is 0.490 e. The molecule has 2 aromatic rings. The van der Waals surface area contributed by atoms with Crippen LogP contribution in [0.2, 0.25) is 10.0 Å². The van der Waals surface area contributed by atoms with E-state index in [4.69, 9.17) is 32.7 Å². The molecule has 1 aliphatic rings. The minimum atomic E-state index is 0.289. The van der Waals surface area contributed by atoms with Crippen LogP contribution in [-0.4, -0.2) is 62.7 Å². The Bertz CT molecular complexity index is 814. The Morgan fingerprint density at radius 1 is 1.03 bits per heavy atom. The highest BCUT2D eigenvalue weighted by molar-refractivity contribution is 6.35. The van der Waals surface area contributed by atoms with E-state index in [9.17, 15) is 0 Å². The van der Waals surface area contributed by atoms with Crippen molar-refractivity contribution in [2.75, 3.05) is 46.9 Å². The van der Waals surface area contributed by atoms with Crippen LogP contribution in [0, 0.1) is 0 Å². The van der Waals surface area contributed by atoms with Crippen molar-refractivity contribution in [3.05, 3.63) is 57.6 Å². The summed E-state index contributed by atoms with van der Waals surface area (Å²) in [6, 6.07) is 12.0. The van der Waals surface area contributed by atoms with Gasteiger partial charge in [0, 0.05) is 54.4 Å². The van der Waals surface area contributed by atoms with Gasteiger partial charge in [0.25, 0.3) is 0 Å². The number of nitrogens with one attached hydrogen (secondary N) is 1. The van der Waals surface area contributed by atoms with E-state index in [1.807, 2.05) is 37.3 Å². The number of ether oxygens (including phenoxy) is 2. The quantitative estimate of drug-likeness (QED) is 0.614. The minimum Gasteiger partial charge on any atom is -0.490 e. The van der Waals surface area contributed by atoms with Crippen molar-refractivity contribution < 1.29 is 9.47 Å². The summed E-state index contributed by atoms with van der Waals surface area (Å²) in [5, 5.41) is 4.78. The van der Waals surface area contributed by atoms with Crippen LogP contribution in [0.25, 0.3) is 0 Å². The van der Waals surface area contributed by atoms with Crippen molar-refractivity contribution in [1.82, 2.24) is 15.1 Å². The summed E-state index contributed by atoms with van der Waals surface area (Å²) in [5.41, 5.74) is 1.93. The Balaban J connectivity index is 1.60. The highest BCUT2D eigenvalue weighted by atomic mass is 35.5. The van der Waals surface area contributed by atoms with Crippen LogP contribution >= 0.6 is 23.2 Å². The highest BCUT2D eigenvalue weighted by Gasteiger charge is 2.21. The summed E-state index contributed by atoms with van der Waals surface area (Å²) in [6.07, 6.45) is 0. The molecule has 1 unspecified atom stereocenters. The van der Waals surface area contributed by atoms with Crippen molar-refractivity contribution in [3.8, 4) is 11.5 Å². The molecule has 1 atom stereocenters. The second-order valence-corrected chi connectivity index (χ2v) is 8.54. The van der Waals surface area contributed by atoms with Gasteiger partial charge in [-0.25, -0.2) is 0 Å². The van der Waals surface area contributed by atoms with E-state index in [0.29, 0.717) is 28.4 Å². The van der Waals surface area contributed by atoms with Gasteiger partial charge < -0.3 is 19.7 Å². The van der Waals surface area contributed by atoms with Crippen LogP contribution < -0.4 is 14.8 Å². The van der Waals surface area contributed by atoms with Gasteiger partial charge in [0.1, 0.15) is 6.61 Å². The summed E-state index contributed by atoms with van der Waals surface area (Å²) in [5.74, 6) is 1.42. The highest BCUT2D eigenvalue weighted by Crippen LogP contribution is 2.31. The number of halogens is 2. The molecule has 1 N–H and O–H groups in total. The first kappa shape index (κ1) is 23.2. The summed E-state index contributed by atoms with van der Waals surface area (Å²) in [7, 11) is 4.38. The second kappa shape index (κ2) is 11.2. The van der Waals surface area contributed by atoms with Crippen LogP contribution in [-0.2, 0) is 13.2 Å². The predicted molar refractivity (Wildman–Crippen MR) is 124 cm³/mol. The zero-order valence-electron chi connectivity index (χ0n) is 18.0. The van der Waals surface area contributed by atoms with Gasteiger partial charge in [0.2, 0.25) is 0 Å². The van der Waals surface area contributed by atoms with Crippen LogP contribution in [0.4, 0.5) is 0 Å². The van der Waals surface area contributed by atoms with Gasteiger partial charge in [0.05, 0.1) is 6.61 Å². The lowest BCUT2D eigenvalue weighted by molar-refractivity contribution is 0.113. The van der Waals surface area contributed by atoms with Crippen LogP contribution in [0.3, 0.4) is 0 Å². The minimum absolute atomic E-state index is 0.289. The summed E-state index contributed by atoms with van der Waals surface area (Å²) >= 11 is 12.5. The Morgan fingerprint density at radius 2 is 1.80 bits per heavy atom. The number of likely N-dealkylation sites (N-methyl/N-ethyl adjacent to an activating group) is 2. The Morgan fingerprint density at radius 3 is 2.53 bits per heavy atom. The van der Waals surface area contributed by atoms with Gasteiger partial charge in [-0.1, -0.05) is 35.3 Å². The molecule has 164 valence electrons. The molecule has 0 amide bonds. The maximum absolute atomic E-state index is 6.25. The molecule has 0 radical (unpaired) electrons. The molecule has 1 aliphatic heterocycles. The molecule has 3 rings (SSSR count). The first-order chi connectivity index (χ1) is 14.5. The summed E-state index contributed by atoms with van der Waals surface area (Å²) in [4.78, 5) is 4.81. The lowest BCUT2D eigenvalue weighted by Crippen LogP contribution is -2.53. The number of hydrogen-bond acceptors (Lipinski definition) is 5. The average Bonchev–Trinajstić information content (AvgIpc) is 2.72. The molecular weight excluding hydrogens is 421 g/mol. The van der Waals surface area contributed by atoms with E-state index < -0.39 is 0 Å². The maximum Gasteiger partial charge on any atom is 0.161 e. The molecule has 0 aliphatic carbocycles. The molecule has 1 saturated heterocycles. The monoisotopic (exact) mass is 451 g/mol. The zero-order valence-corrected chi connectivity index (χ0v) is 19.5. The summed E-state index contributed by atoms with van der Waals surface area (Å²) < 4.78 is 11.8. The average molecular weight is 452 g/mol. The van der Waals surface area contributed by atoms with Crippen LogP contribution in [0.5, 0.6) is 11.5 Å². The molecule has 7 heteroatoms. The molecular formula is C23H31Cl2N3O2.